The second-order valence-electron chi connectivity index (χ2n) is 7.64. The Labute approximate surface area is 122 Å². The molecular weight excluding hydrogens is 249 g/mol. The number of hydrogen-bond donors (Lipinski definition) is 1. The molecule has 0 heterocycles. The molecule has 3 atom stereocenters. The van der Waals surface area contributed by atoms with Gasteiger partial charge in [-0.2, -0.15) is 0 Å². The van der Waals surface area contributed by atoms with Crippen molar-refractivity contribution in [3.63, 3.8) is 0 Å². The first kappa shape index (κ1) is 14.1. The second-order valence-corrected chi connectivity index (χ2v) is 7.64. The highest BCUT2D eigenvalue weighted by molar-refractivity contribution is 5.24. The zero-order valence-corrected chi connectivity index (χ0v) is 13.1. The van der Waals surface area contributed by atoms with Crippen LogP contribution >= 0.6 is 0 Å². The molecule has 1 nitrogen and oxygen atoms in total. The Hall–Kier alpha value is -0.890. The van der Waals surface area contributed by atoms with Crippen LogP contribution in [0.2, 0.25) is 0 Å². The van der Waals surface area contributed by atoms with Crippen LogP contribution < -0.4 is 5.32 Å². The van der Waals surface area contributed by atoms with Crippen LogP contribution in [-0.4, -0.2) is 6.04 Å². The monoisotopic (exact) mass is 275 g/mol. The molecule has 2 fully saturated rings. The van der Waals surface area contributed by atoms with Crippen molar-refractivity contribution < 1.29 is 4.39 Å². The summed E-state index contributed by atoms with van der Waals surface area (Å²) in [6.07, 6.45) is 3.91. The Bertz CT molecular complexity index is 522. The zero-order valence-electron chi connectivity index (χ0n) is 13.1. The van der Waals surface area contributed by atoms with Crippen molar-refractivity contribution in [2.24, 2.45) is 16.7 Å². The van der Waals surface area contributed by atoms with E-state index < -0.39 is 0 Å². The second kappa shape index (κ2) is 4.56. The van der Waals surface area contributed by atoms with Crippen LogP contribution in [0.5, 0.6) is 0 Å². The van der Waals surface area contributed by atoms with Crippen molar-refractivity contribution in [3.8, 4) is 0 Å². The van der Waals surface area contributed by atoms with E-state index in [0.717, 1.165) is 17.0 Å². The van der Waals surface area contributed by atoms with E-state index in [-0.39, 0.29) is 5.82 Å². The normalized spacial score (nSPS) is 34.6. The predicted molar refractivity (Wildman–Crippen MR) is 81.0 cm³/mol. The number of nitrogens with one attached hydrogen (secondary N) is 1. The topological polar surface area (TPSA) is 12.0 Å². The fraction of sp³-hybridized carbons (Fsp3) is 0.667. The van der Waals surface area contributed by atoms with Gasteiger partial charge in [0.15, 0.2) is 0 Å². The Morgan fingerprint density at radius 3 is 2.65 bits per heavy atom. The van der Waals surface area contributed by atoms with Crippen LogP contribution in [0.25, 0.3) is 0 Å². The highest BCUT2D eigenvalue weighted by atomic mass is 19.1. The van der Waals surface area contributed by atoms with E-state index in [4.69, 9.17) is 0 Å². The minimum absolute atomic E-state index is 0.0873. The Morgan fingerprint density at radius 1 is 1.30 bits per heavy atom. The van der Waals surface area contributed by atoms with E-state index in [1.54, 1.807) is 6.07 Å². The van der Waals surface area contributed by atoms with Gasteiger partial charge in [0, 0.05) is 18.2 Å². The number of fused-ring (bicyclic) bond motifs is 2. The summed E-state index contributed by atoms with van der Waals surface area (Å²) in [7, 11) is 0. The van der Waals surface area contributed by atoms with Crippen LogP contribution in [0.1, 0.15) is 51.2 Å². The minimum Gasteiger partial charge on any atom is -0.309 e. The summed E-state index contributed by atoms with van der Waals surface area (Å²) in [6.45, 7) is 9.92. The van der Waals surface area contributed by atoms with Gasteiger partial charge in [-0.15, -0.1) is 0 Å². The van der Waals surface area contributed by atoms with Gasteiger partial charge in [-0.3, -0.25) is 0 Å². The molecule has 3 unspecified atom stereocenters. The number of benzene rings is 1. The smallest absolute Gasteiger partial charge is 0.127 e. The maximum Gasteiger partial charge on any atom is 0.127 e. The van der Waals surface area contributed by atoms with E-state index in [0.29, 0.717) is 23.4 Å². The molecular formula is C18H26FN. The highest BCUT2D eigenvalue weighted by Crippen LogP contribution is 2.65. The molecule has 2 bridgehead atoms. The van der Waals surface area contributed by atoms with Crippen molar-refractivity contribution in [2.75, 3.05) is 0 Å². The van der Waals surface area contributed by atoms with E-state index >= 15 is 0 Å². The number of halogens is 1. The quantitative estimate of drug-likeness (QED) is 0.860. The predicted octanol–water partition coefficient (Wildman–Crippen LogP) is 4.44. The summed E-state index contributed by atoms with van der Waals surface area (Å²) in [5, 5.41) is 3.65. The molecule has 0 aliphatic heterocycles. The lowest BCUT2D eigenvalue weighted by Gasteiger charge is -2.39. The Kier molecular flexibility index (Phi) is 3.20. The first-order chi connectivity index (χ1) is 9.34. The van der Waals surface area contributed by atoms with Crippen LogP contribution in [0.15, 0.2) is 18.2 Å². The standard InChI is InChI=1S/C18H26FN/c1-12-5-6-15(19)13(9-12)11-20-16-10-14-7-8-18(16,4)17(14,2)3/h5-6,9,14,16,20H,7-8,10-11H2,1-4H3. The van der Waals surface area contributed by atoms with E-state index in [1.165, 1.54) is 19.3 Å². The van der Waals surface area contributed by atoms with Crippen molar-refractivity contribution in [1.29, 1.82) is 0 Å². The van der Waals surface area contributed by atoms with Gasteiger partial charge in [0.1, 0.15) is 5.82 Å². The summed E-state index contributed by atoms with van der Waals surface area (Å²) in [6, 6.07) is 5.90. The van der Waals surface area contributed by atoms with E-state index in [1.807, 2.05) is 19.1 Å². The maximum atomic E-state index is 13.8. The largest absolute Gasteiger partial charge is 0.309 e. The average Bonchev–Trinajstić information content (AvgIpc) is 2.72. The van der Waals surface area contributed by atoms with Crippen LogP contribution in [0.3, 0.4) is 0 Å². The van der Waals surface area contributed by atoms with Crippen LogP contribution in [0, 0.1) is 29.5 Å². The molecule has 0 saturated heterocycles. The summed E-state index contributed by atoms with van der Waals surface area (Å²) < 4.78 is 13.8. The molecule has 2 aliphatic rings. The molecule has 20 heavy (non-hydrogen) atoms. The maximum absolute atomic E-state index is 13.8. The van der Waals surface area contributed by atoms with Crippen molar-refractivity contribution in [3.05, 3.63) is 35.1 Å². The Balaban J connectivity index is 1.73. The van der Waals surface area contributed by atoms with Gasteiger partial charge in [-0.25, -0.2) is 4.39 Å². The van der Waals surface area contributed by atoms with Crippen LogP contribution in [-0.2, 0) is 6.54 Å². The van der Waals surface area contributed by atoms with Gasteiger partial charge in [0.25, 0.3) is 0 Å². The number of hydrogen-bond acceptors (Lipinski definition) is 1. The van der Waals surface area contributed by atoms with Gasteiger partial charge in [0.05, 0.1) is 0 Å². The molecule has 0 spiro atoms. The molecule has 1 N–H and O–H groups in total. The summed E-state index contributed by atoms with van der Waals surface area (Å²) in [4.78, 5) is 0. The first-order valence-corrected chi connectivity index (χ1v) is 7.83. The molecule has 0 radical (unpaired) electrons. The molecule has 0 aromatic heterocycles. The van der Waals surface area contributed by atoms with Gasteiger partial charge in [0.2, 0.25) is 0 Å². The van der Waals surface area contributed by atoms with Gasteiger partial charge in [-0.1, -0.05) is 38.5 Å². The molecule has 1 aromatic carbocycles. The lowest BCUT2D eigenvalue weighted by atomic mass is 9.69. The third-order valence-corrected chi connectivity index (χ3v) is 6.53. The highest BCUT2D eigenvalue weighted by Gasteiger charge is 2.60. The van der Waals surface area contributed by atoms with Crippen LogP contribution in [0.4, 0.5) is 4.39 Å². The van der Waals surface area contributed by atoms with Crippen molar-refractivity contribution >= 4 is 0 Å². The third-order valence-electron chi connectivity index (χ3n) is 6.53. The summed E-state index contributed by atoms with van der Waals surface area (Å²) >= 11 is 0. The molecule has 2 heteroatoms. The summed E-state index contributed by atoms with van der Waals surface area (Å²) in [5.74, 6) is 0.739. The van der Waals surface area contributed by atoms with Gasteiger partial charge < -0.3 is 5.32 Å². The van der Waals surface area contributed by atoms with E-state index in [2.05, 4.69) is 26.1 Å². The summed E-state index contributed by atoms with van der Waals surface area (Å²) in [5.41, 5.74) is 2.70. The average molecular weight is 275 g/mol. The number of rotatable bonds is 3. The fourth-order valence-corrected chi connectivity index (χ4v) is 4.58. The molecule has 110 valence electrons. The minimum atomic E-state index is -0.0873. The van der Waals surface area contributed by atoms with E-state index in [9.17, 15) is 4.39 Å². The fourth-order valence-electron chi connectivity index (χ4n) is 4.58. The molecule has 2 saturated carbocycles. The van der Waals surface area contributed by atoms with Crippen molar-refractivity contribution in [1.82, 2.24) is 5.32 Å². The lowest BCUT2D eigenvalue weighted by molar-refractivity contribution is 0.120. The molecule has 0 amide bonds. The SMILES string of the molecule is Cc1ccc(F)c(CNC2CC3CCC2(C)C3(C)C)c1. The molecule has 2 aliphatic carbocycles. The van der Waals surface area contributed by atoms with Gasteiger partial charge in [-0.05, 0) is 49.0 Å². The molecule has 1 aromatic rings. The molecule has 3 rings (SSSR count). The van der Waals surface area contributed by atoms with Crippen molar-refractivity contribution in [2.45, 2.75) is 59.5 Å². The first-order valence-electron chi connectivity index (χ1n) is 7.83. The van der Waals surface area contributed by atoms with Gasteiger partial charge >= 0.3 is 0 Å². The zero-order chi connectivity index (χ0) is 14.5. The lowest BCUT2D eigenvalue weighted by Crippen LogP contribution is -2.44. The Morgan fingerprint density at radius 2 is 2.05 bits per heavy atom. The third kappa shape index (κ3) is 1.92. The number of aryl methyl sites for hydroxylation is 1.